The molecule has 1 saturated carbocycles. The molecule has 0 N–H and O–H groups in total. The molecule has 2 aromatic rings. The highest BCUT2D eigenvalue weighted by Gasteiger charge is 2.41. The first kappa shape index (κ1) is 22.7. The Morgan fingerprint density at radius 2 is 1.85 bits per heavy atom. The summed E-state index contributed by atoms with van der Waals surface area (Å²) in [6, 6.07) is 8.51. The first-order valence-electron chi connectivity index (χ1n) is 12.4. The van der Waals surface area contributed by atoms with E-state index in [1.807, 2.05) is 20.8 Å². The van der Waals surface area contributed by atoms with Crippen molar-refractivity contribution in [1.29, 1.82) is 0 Å². The second-order valence-electron chi connectivity index (χ2n) is 10.6. The fraction of sp³-hybridized carbons (Fsp3) is 0.519. The average molecular weight is 463 g/mol. The highest BCUT2D eigenvalue weighted by atomic mass is 16.6. The lowest BCUT2D eigenvalue weighted by Gasteiger charge is -2.38. The quantitative estimate of drug-likeness (QED) is 0.628. The van der Waals surface area contributed by atoms with Gasteiger partial charge >= 0.3 is 6.09 Å². The molecule has 7 nitrogen and oxygen atoms in total. The van der Waals surface area contributed by atoms with E-state index in [4.69, 9.17) is 9.84 Å². The molecule has 2 aliphatic heterocycles. The van der Waals surface area contributed by atoms with Gasteiger partial charge in [0.25, 0.3) is 0 Å². The van der Waals surface area contributed by atoms with E-state index in [2.05, 4.69) is 35.5 Å². The van der Waals surface area contributed by atoms with Crippen molar-refractivity contribution >= 4 is 12.0 Å². The van der Waals surface area contributed by atoms with Gasteiger partial charge in [-0.05, 0) is 63.3 Å². The second-order valence-corrected chi connectivity index (χ2v) is 10.6. The van der Waals surface area contributed by atoms with E-state index >= 15 is 0 Å². The van der Waals surface area contributed by atoms with E-state index < -0.39 is 5.60 Å². The lowest BCUT2D eigenvalue weighted by Crippen LogP contribution is -2.47. The topological polar surface area (TPSA) is 67.7 Å². The highest BCUT2D eigenvalue weighted by molar-refractivity contribution is 5.87. The van der Waals surface area contributed by atoms with Crippen LogP contribution >= 0.6 is 0 Å². The maximum Gasteiger partial charge on any atom is 0.410 e. The highest BCUT2D eigenvalue weighted by Crippen LogP contribution is 2.39. The lowest BCUT2D eigenvalue weighted by atomic mass is 9.80. The van der Waals surface area contributed by atoms with Gasteiger partial charge in [-0.2, -0.15) is 5.10 Å². The van der Waals surface area contributed by atoms with Crippen LogP contribution in [0.15, 0.2) is 36.9 Å². The molecule has 1 aromatic carbocycles. The first-order valence-corrected chi connectivity index (χ1v) is 12.4. The van der Waals surface area contributed by atoms with Crippen LogP contribution in [0.25, 0.3) is 5.69 Å². The minimum Gasteiger partial charge on any atom is -0.444 e. The molecule has 3 heterocycles. The molecule has 1 aliphatic carbocycles. The van der Waals surface area contributed by atoms with Gasteiger partial charge in [-0.15, -0.1) is 0 Å². The van der Waals surface area contributed by atoms with Gasteiger partial charge in [-0.3, -0.25) is 9.69 Å². The molecule has 1 fully saturated rings. The molecular weight excluding hydrogens is 428 g/mol. The predicted molar refractivity (Wildman–Crippen MR) is 130 cm³/mol. The van der Waals surface area contributed by atoms with Crippen molar-refractivity contribution < 1.29 is 14.3 Å². The maximum atomic E-state index is 13.2. The Morgan fingerprint density at radius 3 is 2.47 bits per heavy atom. The Hall–Kier alpha value is -3.09. The van der Waals surface area contributed by atoms with Gasteiger partial charge in [0.1, 0.15) is 5.60 Å². The standard InChI is InChI=1S/C27H34N4O3/c1-5-24(32)29-15-13-21-25-22(14-16-30(23(25)17-29)26(33)34-27(2,3)4)31(28-21)20-11-9-19(10-12-20)18-7-6-8-18/h5,9-12,18,23H,1,6-8,13-17H2,2-4H3. The number of rotatable bonds is 3. The van der Waals surface area contributed by atoms with Crippen LogP contribution in [0.4, 0.5) is 4.79 Å². The fourth-order valence-electron chi connectivity index (χ4n) is 5.31. The third-order valence-electron chi connectivity index (χ3n) is 7.24. The minimum absolute atomic E-state index is 0.124. The number of hydrogen-bond acceptors (Lipinski definition) is 4. The van der Waals surface area contributed by atoms with Crippen molar-refractivity contribution in [1.82, 2.24) is 19.6 Å². The summed E-state index contributed by atoms with van der Waals surface area (Å²) in [7, 11) is 0. The molecule has 1 unspecified atom stereocenters. The number of nitrogens with zero attached hydrogens (tertiary/aromatic N) is 4. The number of aromatic nitrogens is 2. The monoisotopic (exact) mass is 462 g/mol. The van der Waals surface area contributed by atoms with Crippen molar-refractivity contribution in [3.8, 4) is 5.69 Å². The normalized spacial score (nSPS) is 20.3. The van der Waals surface area contributed by atoms with E-state index in [-0.39, 0.29) is 18.0 Å². The molecule has 3 aliphatic rings. The van der Waals surface area contributed by atoms with Crippen LogP contribution in [0, 0.1) is 0 Å². The smallest absolute Gasteiger partial charge is 0.410 e. The van der Waals surface area contributed by atoms with Gasteiger partial charge in [0.05, 0.1) is 23.1 Å². The number of hydrogen-bond donors (Lipinski definition) is 0. The summed E-state index contributed by atoms with van der Waals surface area (Å²) in [5, 5.41) is 5.01. The molecule has 2 amide bonds. The third-order valence-corrected chi connectivity index (χ3v) is 7.24. The SMILES string of the molecule is C=CC(=O)N1CCc2nn(-c3ccc(C4CCC4)cc3)c3c2C(C1)N(C(=O)OC(C)(C)C)CC3. The van der Waals surface area contributed by atoms with Crippen molar-refractivity contribution in [2.45, 2.75) is 70.4 Å². The zero-order valence-electron chi connectivity index (χ0n) is 20.4. The van der Waals surface area contributed by atoms with E-state index in [9.17, 15) is 9.59 Å². The van der Waals surface area contributed by atoms with E-state index in [0.717, 1.165) is 22.6 Å². The molecular formula is C27H34N4O3. The van der Waals surface area contributed by atoms with E-state index in [1.165, 1.54) is 30.9 Å². The summed E-state index contributed by atoms with van der Waals surface area (Å²) in [4.78, 5) is 29.2. The molecule has 0 bridgehead atoms. The Kier molecular flexibility index (Phi) is 5.74. The molecule has 180 valence electrons. The Labute approximate surface area is 201 Å². The van der Waals surface area contributed by atoms with Crippen molar-refractivity contribution in [2.24, 2.45) is 0 Å². The molecule has 7 heteroatoms. The summed E-state index contributed by atoms with van der Waals surface area (Å²) in [5.41, 5.74) is 5.02. The molecule has 0 spiro atoms. The van der Waals surface area contributed by atoms with Crippen LogP contribution in [0.3, 0.4) is 0 Å². The molecule has 0 radical (unpaired) electrons. The van der Waals surface area contributed by atoms with Gasteiger partial charge in [0.2, 0.25) is 5.91 Å². The summed E-state index contributed by atoms with van der Waals surface area (Å²) in [6.07, 6.45) is 6.22. The Morgan fingerprint density at radius 1 is 1.12 bits per heavy atom. The summed E-state index contributed by atoms with van der Waals surface area (Å²) in [6.45, 7) is 10.8. The van der Waals surface area contributed by atoms with Crippen molar-refractivity contribution in [2.75, 3.05) is 19.6 Å². The van der Waals surface area contributed by atoms with Crippen LogP contribution in [-0.2, 0) is 22.4 Å². The summed E-state index contributed by atoms with van der Waals surface area (Å²) in [5.74, 6) is 0.572. The van der Waals surface area contributed by atoms with Crippen LogP contribution in [0.1, 0.15) is 74.5 Å². The predicted octanol–water partition coefficient (Wildman–Crippen LogP) is 4.54. The largest absolute Gasteiger partial charge is 0.444 e. The van der Waals surface area contributed by atoms with Crippen molar-refractivity contribution in [3.63, 3.8) is 0 Å². The van der Waals surface area contributed by atoms with Crippen LogP contribution in [-0.4, -0.2) is 56.8 Å². The van der Waals surface area contributed by atoms with Gasteiger partial charge < -0.3 is 9.64 Å². The van der Waals surface area contributed by atoms with E-state index in [0.29, 0.717) is 38.4 Å². The Balaban J connectivity index is 1.52. The number of carbonyl (C=O) groups excluding carboxylic acids is 2. The van der Waals surface area contributed by atoms with Crippen LogP contribution in [0.2, 0.25) is 0 Å². The zero-order chi connectivity index (χ0) is 24.0. The van der Waals surface area contributed by atoms with Gasteiger partial charge in [-0.25, -0.2) is 9.48 Å². The molecule has 1 aromatic heterocycles. The number of amides is 2. The van der Waals surface area contributed by atoms with Gasteiger partial charge in [0.15, 0.2) is 0 Å². The molecule has 5 rings (SSSR count). The number of ether oxygens (including phenoxy) is 1. The van der Waals surface area contributed by atoms with Crippen LogP contribution in [0.5, 0.6) is 0 Å². The minimum atomic E-state index is -0.589. The fourth-order valence-corrected chi connectivity index (χ4v) is 5.31. The second kappa shape index (κ2) is 8.60. The third kappa shape index (κ3) is 4.12. The lowest BCUT2D eigenvalue weighted by molar-refractivity contribution is -0.126. The molecule has 0 saturated heterocycles. The average Bonchev–Trinajstić information content (AvgIpc) is 3.01. The van der Waals surface area contributed by atoms with Crippen molar-refractivity contribution in [3.05, 3.63) is 59.4 Å². The first-order chi connectivity index (χ1) is 16.2. The summed E-state index contributed by atoms with van der Waals surface area (Å²) < 4.78 is 7.79. The Bertz CT molecular complexity index is 1110. The number of benzene rings is 1. The summed E-state index contributed by atoms with van der Waals surface area (Å²) >= 11 is 0. The number of carbonyl (C=O) groups is 2. The van der Waals surface area contributed by atoms with E-state index in [1.54, 1.807) is 9.80 Å². The maximum absolute atomic E-state index is 13.2. The zero-order valence-corrected chi connectivity index (χ0v) is 20.4. The van der Waals surface area contributed by atoms with Gasteiger partial charge in [-0.1, -0.05) is 25.1 Å². The van der Waals surface area contributed by atoms with Crippen LogP contribution < -0.4 is 0 Å². The molecule has 1 atom stereocenters. The van der Waals surface area contributed by atoms with Gasteiger partial charge in [0, 0.05) is 38.0 Å². The molecule has 34 heavy (non-hydrogen) atoms.